The number of aliphatic hydroxyl groups excluding tert-OH is 1. The highest BCUT2D eigenvalue weighted by Crippen LogP contribution is 2.52. The van der Waals surface area contributed by atoms with Crippen LogP contribution in [0.25, 0.3) is 5.57 Å². The first kappa shape index (κ1) is 32.0. The summed E-state index contributed by atoms with van der Waals surface area (Å²) in [6.45, 7) is -0.394. The van der Waals surface area contributed by atoms with E-state index in [1.54, 1.807) is 0 Å². The molecule has 0 saturated heterocycles. The number of nitrogens with one attached hydrogen (secondary N) is 1. The number of nitrogens with zero attached hydrogens (tertiary/aromatic N) is 3. The van der Waals surface area contributed by atoms with Crippen LogP contribution >= 0.6 is 0 Å². The largest absolute Gasteiger partial charge is 0.416 e. The first-order chi connectivity index (χ1) is 21.7. The third-order valence-electron chi connectivity index (χ3n) is 9.05. The molecule has 1 amide bonds. The van der Waals surface area contributed by atoms with Crippen LogP contribution in [0.1, 0.15) is 71.1 Å². The molecule has 2 aromatic carbocycles. The molecule has 1 aromatic heterocycles. The van der Waals surface area contributed by atoms with E-state index in [9.17, 15) is 41.0 Å². The van der Waals surface area contributed by atoms with Gasteiger partial charge < -0.3 is 15.0 Å². The van der Waals surface area contributed by atoms with E-state index in [4.69, 9.17) is 4.98 Å². The Labute approximate surface area is 260 Å². The molecule has 1 saturated carbocycles. The van der Waals surface area contributed by atoms with E-state index in [1.807, 2.05) is 30.3 Å². The lowest BCUT2D eigenvalue weighted by Crippen LogP contribution is -2.37. The molecule has 0 bridgehead atoms. The van der Waals surface area contributed by atoms with Gasteiger partial charge in [0.15, 0.2) is 6.10 Å². The van der Waals surface area contributed by atoms with E-state index >= 15 is 0 Å². The predicted molar refractivity (Wildman–Crippen MR) is 157 cm³/mol. The molecule has 2 aliphatic heterocycles. The van der Waals surface area contributed by atoms with Gasteiger partial charge in [0.1, 0.15) is 5.82 Å². The quantitative estimate of drug-likeness (QED) is 0.344. The first-order valence-electron chi connectivity index (χ1n) is 15.1. The summed E-state index contributed by atoms with van der Waals surface area (Å²) >= 11 is 0. The van der Waals surface area contributed by atoms with Crippen LogP contribution in [-0.2, 0) is 29.4 Å². The van der Waals surface area contributed by atoms with E-state index in [1.165, 1.54) is 15.9 Å². The van der Waals surface area contributed by atoms with Crippen molar-refractivity contribution < 1.29 is 36.2 Å². The number of alkyl halides is 6. The number of aryl methyl sites for hydroxylation is 1. The van der Waals surface area contributed by atoms with Gasteiger partial charge in [-0.05, 0) is 66.5 Å². The van der Waals surface area contributed by atoms with Gasteiger partial charge in [0.25, 0.3) is 11.5 Å². The maximum atomic E-state index is 13.4. The van der Waals surface area contributed by atoms with Gasteiger partial charge in [0.05, 0.1) is 35.3 Å². The number of hydrogen-bond donors (Lipinski definition) is 2. The molecule has 3 aromatic rings. The molecule has 1 atom stereocenters. The number of rotatable bonds is 6. The predicted octanol–water partition coefficient (Wildman–Crippen LogP) is 5.53. The zero-order valence-electron chi connectivity index (χ0n) is 24.7. The third-order valence-corrected chi connectivity index (χ3v) is 9.05. The van der Waals surface area contributed by atoms with E-state index in [-0.39, 0.29) is 30.8 Å². The van der Waals surface area contributed by atoms with Crippen LogP contribution in [0, 0.1) is 0 Å². The van der Waals surface area contributed by atoms with Gasteiger partial charge in [0.2, 0.25) is 0 Å². The van der Waals surface area contributed by atoms with Gasteiger partial charge in [-0.3, -0.25) is 14.5 Å². The zero-order valence-corrected chi connectivity index (χ0v) is 24.7. The average molecular weight is 647 g/mol. The van der Waals surface area contributed by atoms with Crippen LogP contribution in [0.3, 0.4) is 0 Å². The van der Waals surface area contributed by atoms with Crippen molar-refractivity contribution in [3.05, 3.63) is 104 Å². The Morgan fingerprint density at radius 3 is 2.46 bits per heavy atom. The molecule has 2 N–H and O–H groups in total. The summed E-state index contributed by atoms with van der Waals surface area (Å²) in [4.78, 5) is 37.0. The number of aromatic nitrogens is 2. The summed E-state index contributed by atoms with van der Waals surface area (Å²) in [6, 6.07) is 11.8. The Hall–Kier alpha value is -3.97. The number of aliphatic hydroxyl groups is 1. The molecule has 13 heteroatoms. The van der Waals surface area contributed by atoms with Crippen molar-refractivity contribution in [3.63, 3.8) is 0 Å². The van der Waals surface area contributed by atoms with Crippen molar-refractivity contribution in [1.29, 1.82) is 0 Å². The highest BCUT2D eigenvalue weighted by atomic mass is 19.4. The summed E-state index contributed by atoms with van der Waals surface area (Å²) in [5.41, 5.74) is 1.52. The minimum absolute atomic E-state index is 0.144. The second kappa shape index (κ2) is 12.0. The number of aromatic amines is 1. The average Bonchev–Trinajstić information content (AvgIpc) is 3.84. The van der Waals surface area contributed by atoms with Crippen molar-refractivity contribution in [3.8, 4) is 0 Å². The van der Waals surface area contributed by atoms with Crippen molar-refractivity contribution in [1.82, 2.24) is 19.8 Å². The molecule has 6 rings (SSSR count). The summed E-state index contributed by atoms with van der Waals surface area (Å²) in [6.07, 6.45) is -6.09. The van der Waals surface area contributed by atoms with E-state index in [2.05, 4.69) is 4.98 Å². The number of H-pyrrole nitrogens is 1. The molecule has 1 fully saturated rings. The Bertz CT molecular complexity index is 1730. The lowest BCUT2D eigenvalue weighted by Gasteiger charge is -2.27. The Morgan fingerprint density at radius 2 is 1.78 bits per heavy atom. The van der Waals surface area contributed by atoms with Gasteiger partial charge in [-0.25, -0.2) is 4.98 Å². The summed E-state index contributed by atoms with van der Waals surface area (Å²) < 4.78 is 78.0. The molecule has 7 nitrogen and oxygen atoms in total. The molecule has 3 heterocycles. The van der Waals surface area contributed by atoms with Crippen LogP contribution in [0.4, 0.5) is 26.3 Å². The van der Waals surface area contributed by atoms with Gasteiger partial charge in [-0.15, -0.1) is 0 Å². The van der Waals surface area contributed by atoms with Crippen LogP contribution < -0.4 is 5.56 Å². The van der Waals surface area contributed by atoms with Crippen molar-refractivity contribution in [2.24, 2.45) is 0 Å². The van der Waals surface area contributed by atoms with E-state index in [0.717, 1.165) is 47.7 Å². The molecular weight excluding hydrogens is 614 g/mol. The zero-order chi connectivity index (χ0) is 32.9. The molecule has 3 aliphatic rings. The second-order valence-electron chi connectivity index (χ2n) is 12.2. The fourth-order valence-electron chi connectivity index (χ4n) is 6.41. The SMILES string of the molecule is O=C(C(O)c1cccc(C(F)(F)F)c1)N1CCCc2nc(C3(c4cccc(C5=CCN(CC(F)(F)F)CC5)c4)CC3)[nH]c(=O)c2C1. The normalized spacial score (nSPS) is 19.2. The lowest BCUT2D eigenvalue weighted by molar-refractivity contribution is -0.145. The Balaban J connectivity index is 1.21. The van der Waals surface area contributed by atoms with E-state index < -0.39 is 47.4 Å². The Morgan fingerprint density at radius 1 is 1.02 bits per heavy atom. The Kier molecular flexibility index (Phi) is 8.34. The van der Waals surface area contributed by atoms with E-state index in [0.29, 0.717) is 37.3 Å². The second-order valence-corrected chi connectivity index (χ2v) is 12.2. The third kappa shape index (κ3) is 6.61. The number of halogens is 6. The standard InChI is InChI=1S/C33H32F6N4O3/c34-32(35,36)19-42-14-9-20(10-15-42)21-4-1-6-23(16-21)31(11-12-31)30-40-26-8-3-13-43(18-25(26)28(45)41-30)29(46)27(44)22-5-2-7-24(17-22)33(37,38)39/h1-2,4-7,9,16-17,27,44H,3,8,10-15,18-19H2,(H,40,41,45). The summed E-state index contributed by atoms with van der Waals surface area (Å²) in [7, 11) is 0. The van der Waals surface area contributed by atoms with Gasteiger partial charge in [-0.1, -0.05) is 42.5 Å². The maximum Gasteiger partial charge on any atom is 0.416 e. The number of amides is 1. The number of carbonyl (C=O) groups is 1. The number of benzene rings is 2. The summed E-state index contributed by atoms with van der Waals surface area (Å²) in [5, 5.41) is 10.7. The highest BCUT2D eigenvalue weighted by molar-refractivity contribution is 5.82. The fourth-order valence-corrected chi connectivity index (χ4v) is 6.41. The molecule has 1 unspecified atom stereocenters. The van der Waals surface area contributed by atoms with Gasteiger partial charge >= 0.3 is 12.4 Å². The fraction of sp³-hybridized carbons (Fsp3) is 0.424. The number of hydrogen-bond acceptors (Lipinski definition) is 5. The van der Waals surface area contributed by atoms with Crippen molar-refractivity contribution in [2.45, 2.75) is 62.5 Å². The van der Waals surface area contributed by atoms with Crippen LogP contribution in [-0.4, -0.2) is 63.1 Å². The molecule has 46 heavy (non-hydrogen) atoms. The molecular formula is C33H32F6N4O3. The van der Waals surface area contributed by atoms with Gasteiger partial charge in [-0.2, -0.15) is 26.3 Å². The smallest absolute Gasteiger partial charge is 0.378 e. The molecule has 244 valence electrons. The summed E-state index contributed by atoms with van der Waals surface area (Å²) in [5.74, 6) is -0.296. The monoisotopic (exact) mass is 646 g/mol. The molecule has 0 radical (unpaired) electrons. The molecule has 1 aliphatic carbocycles. The van der Waals surface area contributed by atoms with Crippen LogP contribution in [0.15, 0.2) is 59.4 Å². The van der Waals surface area contributed by atoms with Crippen LogP contribution in [0.5, 0.6) is 0 Å². The highest BCUT2D eigenvalue weighted by Gasteiger charge is 2.49. The number of fused-ring (bicyclic) bond motifs is 1. The first-order valence-corrected chi connectivity index (χ1v) is 15.1. The lowest BCUT2D eigenvalue weighted by atomic mass is 9.90. The number of carbonyl (C=O) groups excluding carboxylic acids is 1. The minimum Gasteiger partial charge on any atom is -0.378 e. The van der Waals surface area contributed by atoms with Crippen LogP contribution in [0.2, 0.25) is 0 Å². The van der Waals surface area contributed by atoms with Crippen molar-refractivity contribution >= 4 is 11.5 Å². The molecule has 0 spiro atoms. The van der Waals surface area contributed by atoms with Crippen molar-refractivity contribution in [2.75, 3.05) is 26.2 Å². The topological polar surface area (TPSA) is 89.5 Å². The maximum absolute atomic E-state index is 13.4. The minimum atomic E-state index is -4.63. The van der Waals surface area contributed by atoms with Gasteiger partial charge in [0, 0.05) is 19.6 Å².